The number of alkyl halides is 2. The first-order valence-electron chi connectivity index (χ1n) is 30.5. The van der Waals surface area contributed by atoms with Crippen LogP contribution >= 0.6 is 0 Å². The van der Waals surface area contributed by atoms with Crippen LogP contribution in [-0.4, -0.2) is 143 Å². The molecular formula is C66H73F3N12O6S3. The lowest BCUT2D eigenvalue weighted by molar-refractivity contribution is 0.151. The number of fused-ring (bicyclic) bond motifs is 3. The largest absolute Gasteiger partial charge is 0.382 e. The molecule has 24 heteroatoms. The number of nitrogens with one attached hydrogen (secondary N) is 3. The molecule has 13 rings (SSSR count). The molecule has 18 nitrogen and oxygen atoms in total. The van der Waals surface area contributed by atoms with E-state index in [2.05, 4.69) is 71.0 Å². The van der Waals surface area contributed by atoms with E-state index in [0.717, 1.165) is 128 Å². The van der Waals surface area contributed by atoms with Gasteiger partial charge in [0.25, 0.3) is 6.43 Å². The Morgan fingerprint density at radius 3 is 1.36 bits per heavy atom. The van der Waals surface area contributed by atoms with E-state index in [4.69, 9.17) is 0 Å². The Morgan fingerprint density at radius 1 is 0.478 bits per heavy atom. The third kappa shape index (κ3) is 15.3. The number of hydrogen-bond acceptors (Lipinski definition) is 15. The lowest BCUT2D eigenvalue weighted by atomic mass is 9.99. The number of benzene rings is 3. The molecule has 6 aromatic heterocycles. The zero-order chi connectivity index (χ0) is 63.2. The molecular weight excluding hydrogens is 1210 g/mol. The van der Waals surface area contributed by atoms with Gasteiger partial charge in [-0.15, -0.1) is 0 Å². The molecule has 0 atom stereocenters. The monoisotopic (exact) mass is 1280 g/mol. The molecule has 1 aliphatic carbocycles. The van der Waals surface area contributed by atoms with Gasteiger partial charge >= 0.3 is 0 Å². The highest BCUT2D eigenvalue weighted by atomic mass is 32.2. The minimum atomic E-state index is -3.18. The van der Waals surface area contributed by atoms with E-state index in [9.17, 15) is 38.4 Å². The third-order valence-electron chi connectivity index (χ3n) is 17.2. The number of halogens is 3. The molecule has 3 N–H and O–H groups in total. The van der Waals surface area contributed by atoms with Gasteiger partial charge in [-0.3, -0.25) is 24.9 Å². The minimum Gasteiger partial charge on any atom is -0.382 e. The molecule has 472 valence electrons. The summed E-state index contributed by atoms with van der Waals surface area (Å²) in [5, 5.41) is 16.7. The molecule has 0 radical (unpaired) electrons. The first kappa shape index (κ1) is 63.8. The fraction of sp³-hybridized carbons (Fsp3) is 0.364. The Morgan fingerprint density at radius 2 is 0.922 bits per heavy atom. The van der Waals surface area contributed by atoms with Crippen molar-refractivity contribution in [2.24, 2.45) is 0 Å². The number of sulfonamides is 3. The van der Waals surface area contributed by atoms with Gasteiger partial charge in [0.1, 0.15) is 0 Å². The molecule has 0 amide bonds. The van der Waals surface area contributed by atoms with E-state index in [0.29, 0.717) is 57.7 Å². The molecule has 9 heterocycles. The van der Waals surface area contributed by atoms with Crippen molar-refractivity contribution in [3.05, 3.63) is 164 Å². The van der Waals surface area contributed by atoms with Crippen molar-refractivity contribution in [3.8, 4) is 33.4 Å². The van der Waals surface area contributed by atoms with Crippen LogP contribution in [0.25, 0.3) is 65.7 Å². The van der Waals surface area contributed by atoms with Crippen LogP contribution in [0.1, 0.15) is 82.9 Å². The molecule has 0 spiro atoms. The van der Waals surface area contributed by atoms with Gasteiger partial charge in [0, 0.05) is 175 Å². The van der Waals surface area contributed by atoms with Crippen LogP contribution in [0.5, 0.6) is 0 Å². The summed E-state index contributed by atoms with van der Waals surface area (Å²) >= 11 is 0. The maximum Gasteiger partial charge on any atom is 0.265 e. The molecule has 3 aromatic carbocycles. The summed E-state index contributed by atoms with van der Waals surface area (Å²) in [7, 11) is -9.41. The number of rotatable bonds is 16. The summed E-state index contributed by atoms with van der Waals surface area (Å²) in [6.45, 7) is 6.95. The molecule has 3 saturated heterocycles. The van der Waals surface area contributed by atoms with Crippen LogP contribution in [0.4, 0.5) is 30.2 Å². The van der Waals surface area contributed by atoms with Gasteiger partial charge in [-0.2, -0.15) is 4.39 Å². The van der Waals surface area contributed by atoms with Gasteiger partial charge in [0.2, 0.25) is 36.0 Å². The fourth-order valence-electron chi connectivity index (χ4n) is 11.9. The Hall–Kier alpha value is -7.74. The molecule has 90 heavy (non-hydrogen) atoms. The maximum atomic E-state index is 13.6. The summed E-state index contributed by atoms with van der Waals surface area (Å²) in [5.41, 5.74) is 9.09. The number of pyridine rings is 6. The van der Waals surface area contributed by atoms with Crippen LogP contribution in [0, 0.1) is 5.95 Å². The highest BCUT2D eigenvalue weighted by Crippen LogP contribution is 2.38. The summed E-state index contributed by atoms with van der Waals surface area (Å²) in [5.74, 6) is -0.351. The first-order chi connectivity index (χ1) is 43.3. The Bertz CT molecular complexity index is 4370. The average Bonchev–Trinajstić information content (AvgIpc) is 1.86. The Balaban J connectivity index is 0.000000139. The fourth-order valence-corrected chi connectivity index (χ4v) is 15.8. The van der Waals surface area contributed by atoms with Gasteiger partial charge in [-0.05, 0) is 188 Å². The Labute approximate surface area is 524 Å². The minimum absolute atomic E-state index is 0.104. The molecule has 4 fully saturated rings. The number of aromatic nitrogens is 6. The predicted octanol–water partition coefficient (Wildman–Crippen LogP) is 12.0. The molecule has 0 bridgehead atoms. The highest BCUT2D eigenvalue weighted by molar-refractivity contribution is 7.90. The van der Waals surface area contributed by atoms with Crippen molar-refractivity contribution in [3.63, 3.8) is 0 Å². The summed E-state index contributed by atoms with van der Waals surface area (Å²) in [6.07, 6.45) is 22.4. The average molecular weight is 1280 g/mol. The summed E-state index contributed by atoms with van der Waals surface area (Å²) in [6, 6.07) is 27.4. The van der Waals surface area contributed by atoms with Crippen LogP contribution in [0.15, 0.2) is 147 Å². The van der Waals surface area contributed by atoms with E-state index >= 15 is 0 Å². The molecule has 1 saturated carbocycles. The molecule has 4 aliphatic rings. The van der Waals surface area contributed by atoms with Crippen LogP contribution in [-0.2, 0) is 36.5 Å². The number of hydrogen-bond donors (Lipinski definition) is 3. The van der Waals surface area contributed by atoms with Gasteiger partial charge in [-0.25, -0.2) is 51.9 Å². The van der Waals surface area contributed by atoms with Gasteiger partial charge in [0.15, 0.2) is 0 Å². The van der Waals surface area contributed by atoms with Crippen molar-refractivity contribution in [2.45, 2.75) is 101 Å². The van der Waals surface area contributed by atoms with Gasteiger partial charge in [0.05, 0.1) is 17.3 Å². The number of aryl methyl sites for hydroxylation is 1. The lowest BCUT2D eigenvalue weighted by Gasteiger charge is -2.32. The lowest BCUT2D eigenvalue weighted by Crippen LogP contribution is -2.43. The van der Waals surface area contributed by atoms with E-state index in [1.165, 1.54) is 35.1 Å². The topological polar surface area (TPSA) is 226 Å². The predicted molar refractivity (Wildman–Crippen MR) is 350 cm³/mol. The molecule has 3 aliphatic heterocycles. The molecule has 9 aromatic rings. The number of nitrogens with zero attached hydrogens (tertiary/aromatic N) is 9. The standard InChI is InChI=1S/C23H28N4O2S.C22H23FN4O2S.C21H22F2N4O2S/c1-3-20-14-17(6-10-25-20)19-13-18-5-9-24-16-22(18)23(15-19)26-21-7-11-27(12-8-21)30(28,29)4-2;23-22-13-15(4-8-25-22)17-11-16-3-7-24-14-20(16)21(12-17)26-18-5-9-27(10-6-18)30(28,29)19-1-2-19;1-30(28,29)27-6-3-18(4-7-27)26-20-10-15(8-14-2-5-24-13-19(14)20)16-9-17(21(22)23)12-25-11-16/h5-6,9-10,13-16,21,26H,3-4,7-8,11-12H2,1-2H3;3-4,7-8,11-14,18-19,26H,1-2,5-6,9-10H2;2,5,8-13,18,21,26H,3-4,6-7H2,1H3. The van der Waals surface area contributed by atoms with E-state index in [-0.39, 0.29) is 34.7 Å². The second-order valence-corrected chi connectivity index (χ2v) is 29.7. The van der Waals surface area contributed by atoms with E-state index < -0.39 is 42.4 Å². The third-order valence-corrected chi connectivity index (χ3v) is 22.7. The van der Waals surface area contributed by atoms with Crippen molar-refractivity contribution in [1.82, 2.24) is 42.8 Å². The van der Waals surface area contributed by atoms with Crippen molar-refractivity contribution < 1.29 is 38.4 Å². The Kier molecular flexibility index (Phi) is 19.7. The van der Waals surface area contributed by atoms with Crippen LogP contribution in [0.3, 0.4) is 0 Å². The second-order valence-electron chi connectivity index (χ2n) is 23.3. The number of anilines is 3. The van der Waals surface area contributed by atoms with Crippen molar-refractivity contribution in [2.75, 3.05) is 67.2 Å². The highest BCUT2D eigenvalue weighted by Gasteiger charge is 2.41. The SMILES string of the molecule is CCc1cc(-c2cc(NC3CCN(S(=O)(=O)CC)CC3)c3cnccc3c2)ccn1.CS(=O)(=O)N1CCC(Nc2cc(-c3cncc(C(F)F)c3)cc3ccncc23)CC1.O=S(=O)(C1CC1)N1CCC(Nc2cc(-c3ccnc(F)c3)cc3ccncc23)CC1. The summed E-state index contributed by atoms with van der Waals surface area (Å²) in [4.78, 5) is 24.8. The van der Waals surface area contributed by atoms with Crippen molar-refractivity contribution >= 4 is 79.4 Å². The van der Waals surface area contributed by atoms with Crippen LogP contribution < -0.4 is 16.0 Å². The quantitative estimate of drug-likeness (QED) is 0.0765. The molecule has 0 unspecified atom stereocenters. The first-order valence-corrected chi connectivity index (χ1v) is 35.4. The normalized spacial score (nSPS) is 17.0. The van der Waals surface area contributed by atoms with E-state index in [1.807, 2.05) is 73.3 Å². The maximum absolute atomic E-state index is 13.6. The van der Waals surface area contributed by atoms with E-state index in [1.54, 1.807) is 46.4 Å². The van der Waals surface area contributed by atoms with Crippen molar-refractivity contribution in [1.29, 1.82) is 0 Å². The zero-order valence-electron chi connectivity index (χ0n) is 50.4. The summed E-state index contributed by atoms with van der Waals surface area (Å²) < 4.78 is 117. The second kappa shape index (κ2) is 27.8. The van der Waals surface area contributed by atoms with Gasteiger partial charge < -0.3 is 16.0 Å². The zero-order valence-corrected chi connectivity index (χ0v) is 52.8. The van der Waals surface area contributed by atoms with Gasteiger partial charge in [-0.1, -0.05) is 6.92 Å². The van der Waals surface area contributed by atoms with Crippen LogP contribution in [0.2, 0.25) is 0 Å². The smallest absolute Gasteiger partial charge is 0.265 e. The number of piperidine rings is 3.